The first-order valence-electron chi connectivity index (χ1n) is 8.82. The number of nitrogens with zero attached hydrogens (tertiary/aromatic N) is 2. The summed E-state index contributed by atoms with van der Waals surface area (Å²) in [5.41, 5.74) is 0. The molecule has 0 spiro atoms. The third-order valence-electron chi connectivity index (χ3n) is 5.79. The highest BCUT2D eigenvalue weighted by molar-refractivity contribution is 5.78. The van der Waals surface area contributed by atoms with Crippen molar-refractivity contribution in [2.75, 3.05) is 33.3 Å². The Labute approximate surface area is 128 Å². The molecule has 2 saturated heterocycles. The molecule has 21 heavy (non-hydrogen) atoms. The Balaban J connectivity index is 1.52. The zero-order chi connectivity index (χ0) is 14.7. The molecule has 4 heteroatoms. The fraction of sp³-hybridized carbons (Fsp3) is 0.941. The number of hydrogen-bond donors (Lipinski definition) is 0. The van der Waals surface area contributed by atoms with Gasteiger partial charge in [0.15, 0.2) is 0 Å². The lowest BCUT2D eigenvalue weighted by molar-refractivity contribution is -0.139. The molecule has 0 radical (unpaired) electrons. The largest absolute Gasteiger partial charge is 0.381 e. The van der Waals surface area contributed by atoms with E-state index in [9.17, 15) is 4.79 Å². The van der Waals surface area contributed by atoms with Gasteiger partial charge in [-0.15, -0.1) is 0 Å². The van der Waals surface area contributed by atoms with Crippen LogP contribution in [0.4, 0.5) is 0 Å². The summed E-state index contributed by atoms with van der Waals surface area (Å²) in [5.74, 6) is 1.16. The molecule has 0 aromatic heterocycles. The van der Waals surface area contributed by atoms with Gasteiger partial charge in [-0.3, -0.25) is 9.69 Å². The number of amides is 1. The quantitative estimate of drug-likeness (QED) is 0.800. The van der Waals surface area contributed by atoms with Crippen LogP contribution in [0.25, 0.3) is 0 Å². The monoisotopic (exact) mass is 294 g/mol. The van der Waals surface area contributed by atoms with Crippen molar-refractivity contribution in [2.24, 2.45) is 5.92 Å². The van der Waals surface area contributed by atoms with Gasteiger partial charge in [-0.1, -0.05) is 12.8 Å². The van der Waals surface area contributed by atoms with Gasteiger partial charge in [0.25, 0.3) is 0 Å². The zero-order valence-corrected chi connectivity index (χ0v) is 13.4. The molecule has 2 heterocycles. The summed E-state index contributed by atoms with van der Waals surface area (Å²) in [4.78, 5) is 17.3. The molecule has 3 fully saturated rings. The SMILES string of the molecule is COC1CCN(CC(=O)N2CCCC3CCCCC32)CC1. The molecule has 1 amide bonds. The van der Waals surface area contributed by atoms with Gasteiger partial charge in [0.2, 0.25) is 5.91 Å². The second-order valence-electron chi connectivity index (χ2n) is 7.05. The molecule has 0 aromatic carbocycles. The Morgan fingerprint density at radius 2 is 1.71 bits per heavy atom. The van der Waals surface area contributed by atoms with Gasteiger partial charge in [-0.25, -0.2) is 0 Å². The van der Waals surface area contributed by atoms with Gasteiger partial charge in [0.05, 0.1) is 12.6 Å². The highest BCUT2D eigenvalue weighted by atomic mass is 16.5. The van der Waals surface area contributed by atoms with Gasteiger partial charge >= 0.3 is 0 Å². The van der Waals surface area contributed by atoms with Crippen LogP contribution in [0, 0.1) is 5.92 Å². The summed E-state index contributed by atoms with van der Waals surface area (Å²) in [6.45, 7) is 3.63. The van der Waals surface area contributed by atoms with Gasteiger partial charge in [-0.2, -0.15) is 0 Å². The van der Waals surface area contributed by atoms with E-state index in [-0.39, 0.29) is 0 Å². The number of likely N-dealkylation sites (tertiary alicyclic amines) is 2. The first-order valence-corrected chi connectivity index (χ1v) is 8.82. The lowest BCUT2D eigenvalue weighted by Crippen LogP contribution is -2.53. The molecule has 1 saturated carbocycles. The van der Waals surface area contributed by atoms with Crippen LogP contribution < -0.4 is 0 Å². The Hall–Kier alpha value is -0.610. The Bertz CT molecular complexity index is 351. The van der Waals surface area contributed by atoms with Crippen molar-refractivity contribution in [1.82, 2.24) is 9.80 Å². The summed E-state index contributed by atoms with van der Waals surface area (Å²) in [7, 11) is 1.79. The van der Waals surface area contributed by atoms with Crippen LogP contribution in [0.15, 0.2) is 0 Å². The second-order valence-corrected chi connectivity index (χ2v) is 7.05. The number of carbonyl (C=O) groups is 1. The van der Waals surface area contributed by atoms with E-state index in [1.54, 1.807) is 7.11 Å². The van der Waals surface area contributed by atoms with Gasteiger partial charge in [-0.05, 0) is 44.4 Å². The maximum absolute atomic E-state index is 12.7. The van der Waals surface area contributed by atoms with E-state index in [0.29, 0.717) is 24.6 Å². The van der Waals surface area contributed by atoms with Crippen molar-refractivity contribution >= 4 is 5.91 Å². The van der Waals surface area contributed by atoms with Crippen LogP contribution in [-0.2, 0) is 9.53 Å². The van der Waals surface area contributed by atoms with Crippen molar-refractivity contribution in [3.8, 4) is 0 Å². The molecule has 4 nitrogen and oxygen atoms in total. The summed E-state index contributed by atoms with van der Waals surface area (Å²) >= 11 is 0. The normalized spacial score (nSPS) is 32.0. The fourth-order valence-corrected chi connectivity index (χ4v) is 4.52. The summed E-state index contributed by atoms with van der Waals surface area (Å²) in [6, 6.07) is 0.552. The van der Waals surface area contributed by atoms with Gasteiger partial charge < -0.3 is 9.64 Å². The lowest BCUT2D eigenvalue weighted by Gasteiger charge is -2.45. The van der Waals surface area contributed by atoms with E-state index < -0.39 is 0 Å². The molecule has 2 atom stereocenters. The van der Waals surface area contributed by atoms with E-state index in [1.165, 1.54) is 38.5 Å². The Kier molecular flexibility index (Phi) is 5.17. The van der Waals surface area contributed by atoms with Gasteiger partial charge in [0.1, 0.15) is 0 Å². The molecule has 3 rings (SSSR count). The van der Waals surface area contributed by atoms with Crippen molar-refractivity contribution in [2.45, 2.75) is 63.5 Å². The molecular formula is C17H30N2O2. The Morgan fingerprint density at radius 3 is 2.48 bits per heavy atom. The van der Waals surface area contributed by atoms with Crippen LogP contribution in [0.3, 0.4) is 0 Å². The van der Waals surface area contributed by atoms with E-state index in [4.69, 9.17) is 4.74 Å². The molecule has 120 valence electrons. The predicted octanol–water partition coefficient (Wildman–Crippen LogP) is 2.28. The maximum Gasteiger partial charge on any atom is 0.237 e. The number of methoxy groups -OCH3 is 1. The minimum atomic E-state index is 0.377. The fourth-order valence-electron chi connectivity index (χ4n) is 4.52. The highest BCUT2D eigenvalue weighted by Gasteiger charge is 2.36. The number of piperidine rings is 2. The summed E-state index contributed by atoms with van der Waals surface area (Å²) in [6.07, 6.45) is 10.3. The molecule has 3 aliphatic rings. The summed E-state index contributed by atoms with van der Waals surface area (Å²) in [5, 5.41) is 0. The number of fused-ring (bicyclic) bond motifs is 1. The maximum atomic E-state index is 12.7. The van der Waals surface area contributed by atoms with Gasteiger partial charge in [0, 0.05) is 32.8 Å². The number of hydrogen-bond acceptors (Lipinski definition) is 3. The topological polar surface area (TPSA) is 32.8 Å². The zero-order valence-electron chi connectivity index (χ0n) is 13.4. The molecular weight excluding hydrogens is 264 g/mol. The van der Waals surface area contributed by atoms with Crippen molar-refractivity contribution < 1.29 is 9.53 Å². The second kappa shape index (κ2) is 7.10. The number of ether oxygens (including phenoxy) is 1. The minimum absolute atomic E-state index is 0.377. The van der Waals surface area contributed by atoms with Crippen molar-refractivity contribution in [1.29, 1.82) is 0 Å². The van der Waals surface area contributed by atoms with Crippen LogP contribution in [0.5, 0.6) is 0 Å². The van der Waals surface area contributed by atoms with Crippen molar-refractivity contribution in [3.05, 3.63) is 0 Å². The van der Waals surface area contributed by atoms with Crippen LogP contribution in [0.1, 0.15) is 51.4 Å². The third kappa shape index (κ3) is 3.59. The van der Waals surface area contributed by atoms with E-state index in [1.807, 2.05) is 0 Å². The molecule has 1 aliphatic carbocycles. The smallest absolute Gasteiger partial charge is 0.237 e. The molecule has 2 unspecified atom stereocenters. The average Bonchev–Trinajstić information content (AvgIpc) is 2.55. The number of rotatable bonds is 3. The van der Waals surface area contributed by atoms with Crippen LogP contribution >= 0.6 is 0 Å². The average molecular weight is 294 g/mol. The number of carbonyl (C=O) groups excluding carboxylic acids is 1. The van der Waals surface area contributed by atoms with Crippen LogP contribution in [0.2, 0.25) is 0 Å². The molecule has 0 N–H and O–H groups in total. The highest BCUT2D eigenvalue weighted by Crippen LogP contribution is 2.35. The van der Waals surface area contributed by atoms with E-state index >= 15 is 0 Å². The molecule has 0 aromatic rings. The van der Waals surface area contributed by atoms with Crippen LogP contribution in [-0.4, -0.2) is 61.1 Å². The first-order chi connectivity index (χ1) is 10.3. The standard InChI is InChI=1S/C17H30N2O2/c1-21-15-8-11-18(12-9-15)13-17(20)19-10-4-6-14-5-2-3-7-16(14)19/h14-16H,2-13H2,1H3. The molecule has 0 bridgehead atoms. The van der Waals surface area contributed by atoms with Crippen molar-refractivity contribution in [3.63, 3.8) is 0 Å². The van der Waals surface area contributed by atoms with E-state index in [0.717, 1.165) is 38.4 Å². The third-order valence-corrected chi connectivity index (χ3v) is 5.79. The summed E-state index contributed by atoms with van der Waals surface area (Å²) < 4.78 is 5.41. The minimum Gasteiger partial charge on any atom is -0.381 e. The molecule has 2 aliphatic heterocycles. The lowest BCUT2D eigenvalue weighted by atomic mass is 9.78. The predicted molar refractivity (Wildman–Crippen MR) is 83.2 cm³/mol. The Morgan fingerprint density at radius 1 is 1.00 bits per heavy atom. The first kappa shape index (κ1) is 15.3. The van der Waals surface area contributed by atoms with E-state index in [2.05, 4.69) is 9.80 Å².